The van der Waals surface area contributed by atoms with Gasteiger partial charge in [-0.1, -0.05) is 182 Å². The zero-order valence-electron chi connectivity index (χ0n) is 30.8. The van der Waals surface area contributed by atoms with Crippen LogP contribution in [0.4, 0.5) is 0 Å². The fourth-order valence-electron chi connectivity index (χ4n) is 8.08. The lowest BCUT2D eigenvalue weighted by molar-refractivity contribution is 0.673. The van der Waals surface area contributed by atoms with Gasteiger partial charge in [-0.15, -0.1) is 0 Å². The molecule has 4 heteroatoms. The summed E-state index contributed by atoms with van der Waals surface area (Å²) in [5.41, 5.74) is 11.5. The minimum atomic E-state index is 0.625. The van der Waals surface area contributed by atoms with E-state index in [1.54, 1.807) is 0 Å². The zero-order valence-corrected chi connectivity index (χ0v) is 30.8. The second-order valence-electron chi connectivity index (χ2n) is 14.4. The third kappa shape index (κ3) is 5.83. The Kier molecular flexibility index (Phi) is 7.78. The molecule has 4 nitrogen and oxygen atoms in total. The van der Waals surface area contributed by atoms with E-state index in [1.807, 2.05) is 30.3 Å². The van der Waals surface area contributed by atoms with Crippen LogP contribution in [0.25, 0.3) is 111 Å². The summed E-state index contributed by atoms with van der Waals surface area (Å²) in [6.07, 6.45) is 0. The summed E-state index contributed by atoms with van der Waals surface area (Å²) in [7, 11) is 0. The molecule has 0 N–H and O–H groups in total. The number of hydrogen-bond acceptors (Lipinski definition) is 4. The summed E-state index contributed by atoms with van der Waals surface area (Å²) in [5, 5.41) is 6.77. The first-order valence-electron chi connectivity index (χ1n) is 19.2. The van der Waals surface area contributed by atoms with Crippen molar-refractivity contribution in [2.45, 2.75) is 0 Å². The van der Waals surface area contributed by atoms with Crippen LogP contribution in [0.3, 0.4) is 0 Å². The van der Waals surface area contributed by atoms with Gasteiger partial charge in [0.1, 0.15) is 11.2 Å². The molecule has 57 heavy (non-hydrogen) atoms. The molecule has 11 rings (SSSR count). The molecular formula is C53H33N3O. The predicted molar refractivity (Wildman–Crippen MR) is 235 cm³/mol. The molecule has 0 spiro atoms. The number of fused-ring (bicyclic) bond motifs is 6. The molecule has 2 aromatic heterocycles. The van der Waals surface area contributed by atoms with Crippen LogP contribution in [-0.4, -0.2) is 15.0 Å². The Morgan fingerprint density at radius 3 is 1.53 bits per heavy atom. The van der Waals surface area contributed by atoms with Crippen LogP contribution in [-0.2, 0) is 0 Å². The molecule has 0 bridgehead atoms. The first-order chi connectivity index (χ1) is 28.2. The van der Waals surface area contributed by atoms with Gasteiger partial charge in [-0.05, 0) is 67.7 Å². The topological polar surface area (TPSA) is 51.8 Å². The van der Waals surface area contributed by atoms with Crippen molar-refractivity contribution in [1.29, 1.82) is 0 Å². The van der Waals surface area contributed by atoms with Gasteiger partial charge < -0.3 is 4.42 Å². The molecule has 2 heterocycles. The fraction of sp³-hybridized carbons (Fsp3) is 0. The Morgan fingerprint density at radius 1 is 0.298 bits per heavy atom. The first kappa shape index (κ1) is 32.7. The Balaban J connectivity index is 1.02. The van der Waals surface area contributed by atoms with Crippen molar-refractivity contribution >= 4 is 43.5 Å². The molecular weight excluding hydrogens is 695 g/mol. The minimum absolute atomic E-state index is 0.625. The van der Waals surface area contributed by atoms with E-state index in [0.29, 0.717) is 17.5 Å². The molecule has 0 unspecified atom stereocenters. The van der Waals surface area contributed by atoms with E-state index in [0.717, 1.165) is 65.9 Å². The van der Waals surface area contributed by atoms with Crippen molar-refractivity contribution in [2.24, 2.45) is 0 Å². The largest absolute Gasteiger partial charge is 0.455 e. The van der Waals surface area contributed by atoms with Crippen molar-refractivity contribution in [1.82, 2.24) is 15.0 Å². The second-order valence-corrected chi connectivity index (χ2v) is 14.4. The molecule has 0 saturated carbocycles. The van der Waals surface area contributed by atoms with Gasteiger partial charge >= 0.3 is 0 Å². The smallest absolute Gasteiger partial charge is 0.164 e. The highest BCUT2D eigenvalue weighted by atomic mass is 16.3. The first-order valence-corrected chi connectivity index (χ1v) is 19.2. The number of furan rings is 1. The molecule has 9 aromatic carbocycles. The summed E-state index contributed by atoms with van der Waals surface area (Å²) in [4.78, 5) is 15.0. The van der Waals surface area contributed by atoms with Gasteiger partial charge in [-0.3, -0.25) is 0 Å². The molecule has 11 aromatic rings. The highest BCUT2D eigenvalue weighted by molar-refractivity contribution is 6.22. The molecule has 0 radical (unpaired) electrons. The number of nitrogens with zero attached hydrogens (tertiary/aromatic N) is 3. The summed E-state index contributed by atoms with van der Waals surface area (Å²) in [6, 6.07) is 70.0. The summed E-state index contributed by atoms with van der Waals surface area (Å²) >= 11 is 0. The molecule has 0 aliphatic carbocycles. The quantitative estimate of drug-likeness (QED) is 0.171. The zero-order chi connectivity index (χ0) is 37.7. The number of hydrogen-bond donors (Lipinski definition) is 0. The maximum atomic E-state index is 6.70. The van der Waals surface area contributed by atoms with Gasteiger partial charge in [0.2, 0.25) is 0 Å². The maximum Gasteiger partial charge on any atom is 0.164 e. The van der Waals surface area contributed by atoms with Crippen molar-refractivity contribution in [2.75, 3.05) is 0 Å². The van der Waals surface area contributed by atoms with Crippen molar-refractivity contribution < 1.29 is 4.42 Å². The third-order valence-corrected chi connectivity index (χ3v) is 10.9. The molecule has 266 valence electrons. The Morgan fingerprint density at radius 2 is 0.807 bits per heavy atom. The van der Waals surface area contributed by atoms with E-state index in [2.05, 4.69) is 170 Å². The summed E-state index contributed by atoms with van der Waals surface area (Å²) in [6.45, 7) is 0. The highest BCUT2D eigenvalue weighted by Gasteiger charge is 2.19. The van der Waals surface area contributed by atoms with Crippen LogP contribution in [0.1, 0.15) is 0 Å². The third-order valence-electron chi connectivity index (χ3n) is 10.9. The van der Waals surface area contributed by atoms with Crippen molar-refractivity contribution in [3.8, 4) is 67.5 Å². The lowest BCUT2D eigenvalue weighted by Gasteiger charge is -2.11. The average molecular weight is 728 g/mol. The highest BCUT2D eigenvalue weighted by Crippen LogP contribution is 2.43. The Bertz CT molecular complexity index is 3260. The molecule has 0 fully saturated rings. The van der Waals surface area contributed by atoms with Crippen LogP contribution in [0.2, 0.25) is 0 Å². The molecule has 0 saturated heterocycles. The van der Waals surface area contributed by atoms with E-state index in [-0.39, 0.29) is 0 Å². The number of benzene rings is 9. The second kappa shape index (κ2) is 13.6. The van der Waals surface area contributed by atoms with Gasteiger partial charge in [-0.2, -0.15) is 0 Å². The average Bonchev–Trinajstić information content (AvgIpc) is 3.68. The summed E-state index contributed by atoms with van der Waals surface area (Å²) < 4.78 is 6.70. The lowest BCUT2D eigenvalue weighted by Crippen LogP contribution is -2.00. The van der Waals surface area contributed by atoms with Gasteiger partial charge in [-0.25, -0.2) is 15.0 Å². The summed E-state index contributed by atoms with van der Waals surface area (Å²) in [5.74, 6) is 1.90. The van der Waals surface area contributed by atoms with Crippen LogP contribution >= 0.6 is 0 Å². The fourth-order valence-corrected chi connectivity index (χ4v) is 8.08. The van der Waals surface area contributed by atoms with E-state index < -0.39 is 0 Å². The van der Waals surface area contributed by atoms with Gasteiger partial charge in [0.15, 0.2) is 17.5 Å². The van der Waals surface area contributed by atoms with Crippen LogP contribution < -0.4 is 0 Å². The lowest BCUT2D eigenvalue weighted by atomic mass is 9.92. The van der Waals surface area contributed by atoms with E-state index in [4.69, 9.17) is 19.4 Å². The molecule has 0 atom stereocenters. The monoisotopic (exact) mass is 727 g/mol. The maximum absolute atomic E-state index is 6.70. The Hall–Kier alpha value is -7.69. The van der Waals surface area contributed by atoms with Gasteiger partial charge in [0.25, 0.3) is 0 Å². The van der Waals surface area contributed by atoms with E-state index in [9.17, 15) is 0 Å². The van der Waals surface area contributed by atoms with E-state index in [1.165, 1.54) is 27.6 Å². The standard InChI is InChI=1S/C53H33N3O/c1-3-12-34(13-4-1)36-22-25-38(26-23-36)46-33-47-49-43(20-11-21-48(49)57-50(47)45-19-10-9-18-44(45)46)37-27-29-40(30-28-37)52-54-51(39-15-5-2-6-16-39)55-53(56-52)42-31-24-35-14-7-8-17-41(35)32-42/h1-33H. The normalized spacial score (nSPS) is 11.5. The van der Waals surface area contributed by atoms with Crippen LogP contribution in [0.5, 0.6) is 0 Å². The predicted octanol–water partition coefficient (Wildman–Crippen LogP) is 14.1. The van der Waals surface area contributed by atoms with E-state index >= 15 is 0 Å². The van der Waals surface area contributed by atoms with Gasteiger partial charge in [0, 0.05) is 32.8 Å². The van der Waals surface area contributed by atoms with Crippen molar-refractivity contribution in [3.63, 3.8) is 0 Å². The molecule has 0 aliphatic rings. The Labute approximate surface area is 329 Å². The van der Waals surface area contributed by atoms with Crippen LogP contribution in [0, 0.1) is 0 Å². The minimum Gasteiger partial charge on any atom is -0.455 e. The van der Waals surface area contributed by atoms with Crippen LogP contribution in [0.15, 0.2) is 205 Å². The SMILES string of the molecule is c1ccc(-c2ccc(-c3cc4c(oc5cccc(-c6ccc(-c7nc(-c8ccccc8)nc(-c8ccc9ccccc9c8)n7)cc6)c54)c4ccccc34)cc2)cc1. The number of aromatic nitrogens is 3. The van der Waals surface area contributed by atoms with Crippen molar-refractivity contribution in [3.05, 3.63) is 200 Å². The molecule has 0 amide bonds. The van der Waals surface area contributed by atoms with Gasteiger partial charge in [0.05, 0.1) is 0 Å². The molecule has 0 aliphatic heterocycles. The number of rotatable bonds is 6.